The lowest BCUT2D eigenvalue weighted by molar-refractivity contribution is 0.0912. The molecule has 1 heterocycles. The first kappa shape index (κ1) is 11.1. The molecule has 0 radical (unpaired) electrons. The van der Waals surface area contributed by atoms with Gasteiger partial charge in [0.15, 0.2) is 0 Å². The third-order valence-electron chi connectivity index (χ3n) is 2.21. The van der Waals surface area contributed by atoms with E-state index in [1.54, 1.807) is 6.07 Å². The number of rotatable bonds is 3. The van der Waals surface area contributed by atoms with Crippen molar-refractivity contribution >= 4 is 17.5 Å². The molecule has 0 aliphatic heterocycles. The molecule has 1 atom stereocenters. The molecule has 1 N–H and O–H groups in total. The van der Waals surface area contributed by atoms with Crippen LogP contribution in [-0.4, -0.2) is 16.8 Å². The fourth-order valence-electron chi connectivity index (χ4n) is 0.858. The Morgan fingerprint density at radius 1 is 1.64 bits per heavy atom. The molecule has 1 aromatic heterocycles. The van der Waals surface area contributed by atoms with Gasteiger partial charge in [0.25, 0.3) is 5.91 Å². The van der Waals surface area contributed by atoms with Gasteiger partial charge in [0.05, 0.1) is 22.7 Å². The minimum absolute atomic E-state index is 0.140. The molecule has 1 rings (SSSR count). The summed E-state index contributed by atoms with van der Waals surface area (Å²) in [4.78, 5) is 11.6. The second-order valence-corrected chi connectivity index (χ2v) is 4.46. The van der Waals surface area contributed by atoms with Crippen LogP contribution in [0.2, 0.25) is 0 Å². The van der Waals surface area contributed by atoms with Crippen LogP contribution in [0.4, 0.5) is 0 Å². The molecule has 0 aliphatic rings. The Bertz CT molecular complexity index is 304. The fraction of sp³-hybridized carbons (Fsp3) is 0.500. The van der Waals surface area contributed by atoms with E-state index in [0.717, 1.165) is 0 Å². The van der Waals surface area contributed by atoms with Crippen molar-refractivity contribution in [2.45, 2.75) is 31.7 Å². The number of hydrogen-bond donors (Lipinski definition) is 1. The van der Waals surface area contributed by atoms with Crippen molar-refractivity contribution in [3.05, 3.63) is 24.2 Å². The van der Waals surface area contributed by atoms with E-state index in [2.05, 4.69) is 5.32 Å². The minimum atomic E-state index is -0.435. The molecule has 1 amide bonds. The maximum Gasteiger partial charge on any atom is 0.254 e. The van der Waals surface area contributed by atoms with Crippen molar-refractivity contribution in [3.8, 4) is 0 Å². The van der Waals surface area contributed by atoms with Crippen LogP contribution in [0, 0.1) is 0 Å². The molecule has 3 nitrogen and oxygen atoms in total. The van der Waals surface area contributed by atoms with E-state index in [1.807, 2.05) is 20.8 Å². The second kappa shape index (κ2) is 4.05. The summed E-state index contributed by atoms with van der Waals surface area (Å²) in [6.07, 6.45) is 2.87. The summed E-state index contributed by atoms with van der Waals surface area (Å²) in [5.41, 5.74) is 0.0750. The first-order valence-electron chi connectivity index (χ1n) is 4.42. The lowest BCUT2D eigenvalue weighted by atomic mass is 10.0. The van der Waals surface area contributed by atoms with Crippen molar-refractivity contribution < 1.29 is 9.21 Å². The largest absolute Gasteiger partial charge is 0.472 e. The number of amides is 1. The predicted molar refractivity (Wildman–Crippen MR) is 55.6 cm³/mol. The Morgan fingerprint density at radius 3 is 2.71 bits per heavy atom. The van der Waals surface area contributed by atoms with Gasteiger partial charge in [-0.25, -0.2) is 0 Å². The molecule has 0 saturated carbocycles. The topological polar surface area (TPSA) is 42.2 Å². The predicted octanol–water partition coefficient (Wildman–Crippen LogP) is 2.42. The number of carbonyl (C=O) groups is 1. The number of hydrogen-bond acceptors (Lipinski definition) is 2. The maximum absolute atomic E-state index is 11.6. The van der Waals surface area contributed by atoms with E-state index in [0.29, 0.717) is 5.56 Å². The van der Waals surface area contributed by atoms with Gasteiger partial charge in [0, 0.05) is 0 Å². The van der Waals surface area contributed by atoms with Crippen molar-refractivity contribution in [1.82, 2.24) is 5.32 Å². The van der Waals surface area contributed by atoms with E-state index in [-0.39, 0.29) is 11.3 Å². The molecule has 0 aliphatic carbocycles. The Labute approximate surface area is 88.4 Å². The molecular weight excluding hydrogens is 202 g/mol. The van der Waals surface area contributed by atoms with Gasteiger partial charge < -0.3 is 9.73 Å². The van der Waals surface area contributed by atoms with Gasteiger partial charge in [0.1, 0.15) is 6.26 Å². The number of halogens is 1. The van der Waals surface area contributed by atoms with E-state index in [9.17, 15) is 4.79 Å². The Kier molecular flexibility index (Phi) is 3.21. The number of alkyl halides is 1. The standard InChI is InChI=1S/C10H14ClNO2/c1-7(11)10(2,3)12-9(13)8-4-5-14-6-8/h4-7H,1-3H3,(H,12,13). The zero-order valence-electron chi connectivity index (χ0n) is 8.50. The van der Waals surface area contributed by atoms with Gasteiger partial charge in [-0.1, -0.05) is 0 Å². The van der Waals surface area contributed by atoms with Gasteiger partial charge in [-0.3, -0.25) is 4.79 Å². The van der Waals surface area contributed by atoms with Crippen LogP contribution in [0.15, 0.2) is 23.0 Å². The first-order chi connectivity index (χ1) is 6.43. The normalized spacial score (nSPS) is 13.7. The Hall–Kier alpha value is -0.960. The van der Waals surface area contributed by atoms with Crippen LogP contribution in [0.3, 0.4) is 0 Å². The molecule has 0 bridgehead atoms. The molecule has 4 heteroatoms. The molecule has 0 spiro atoms. The highest BCUT2D eigenvalue weighted by molar-refractivity contribution is 6.21. The highest BCUT2D eigenvalue weighted by Gasteiger charge is 2.26. The van der Waals surface area contributed by atoms with E-state index in [1.165, 1.54) is 12.5 Å². The average molecular weight is 216 g/mol. The molecule has 0 aromatic carbocycles. The lowest BCUT2D eigenvalue weighted by Crippen LogP contribution is -2.48. The van der Waals surface area contributed by atoms with Gasteiger partial charge in [-0.15, -0.1) is 11.6 Å². The van der Waals surface area contributed by atoms with Crippen LogP contribution in [0.25, 0.3) is 0 Å². The smallest absolute Gasteiger partial charge is 0.254 e. The summed E-state index contributed by atoms with van der Waals surface area (Å²) in [7, 11) is 0. The Morgan fingerprint density at radius 2 is 2.29 bits per heavy atom. The van der Waals surface area contributed by atoms with Crippen LogP contribution >= 0.6 is 11.6 Å². The third-order valence-corrected chi connectivity index (χ3v) is 2.76. The average Bonchev–Trinajstić information content (AvgIpc) is 2.54. The molecule has 78 valence electrons. The fourth-order valence-corrected chi connectivity index (χ4v) is 0.912. The summed E-state index contributed by atoms with van der Waals surface area (Å²) in [5.74, 6) is -0.170. The molecule has 0 fully saturated rings. The molecule has 1 aromatic rings. The third kappa shape index (κ3) is 2.51. The highest BCUT2D eigenvalue weighted by Crippen LogP contribution is 2.15. The number of furan rings is 1. The van der Waals surface area contributed by atoms with E-state index < -0.39 is 5.54 Å². The van der Waals surface area contributed by atoms with Gasteiger partial charge in [0.2, 0.25) is 0 Å². The SMILES string of the molecule is CC(Cl)C(C)(C)NC(=O)c1ccoc1. The number of carbonyl (C=O) groups excluding carboxylic acids is 1. The van der Waals surface area contributed by atoms with Crippen LogP contribution in [0.5, 0.6) is 0 Å². The Balaban J connectivity index is 2.66. The molecule has 1 unspecified atom stereocenters. The zero-order chi connectivity index (χ0) is 10.8. The minimum Gasteiger partial charge on any atom is -0.472 e. The summed E-state index contributed by atoms with van der Waals surface area (Å²) in [6, 6.07) is 1.62. The zero-order valence-corrected chi connectivity index (χ0v) is 9.26. The molecular formula is C10H14ClNO2. The summed E-state index contributed by atoms with van der Waals surface area (Å²) >= 11 is 5.94. The summed E-state index contributed by atoms with van der Waals surface area (Å²) in [6.45, 7) is 5.60. The van der Waals surface area contributed by atoms with Gasteiger partial charge in [-0.2, -0.15) is 0 Å². The maximum atomic E-state index is 11.6. The summed E-state index contributed by atoms with van der Waals surface area (Å²) in [5, 5.41) is 2.69. The first-order valence-corrected chi connectivity index (χ1v) is 4.86. The van der Waals surface area contributed by atoms with Crippen LogP contribution < -0.4 is 5.32 Å². The highest BCUT2D eigenvalue weighted by atomic mass is 35.5. The van der Waals surface area contributed by atoms with E-state index in [4.69, 9.17) is 16.0 Å². The van der Waals surface area contributed by atoms with Crippen LogP contribution in [0.1, 0.15) is 31.1 Å². The summed E-state index contributed by atoms with van der Waals surface area (Å²) < 4.78 is 4.82. The van der Waals surface area contributed by atoms with E-state index >= 15 is 0 Å². The monoisotopic (exact) mass is 215 g/mol. The van der Waals surface area contributed by atoms with Gasteiger partial charge >= 0.3 is 0 Å². The van der Waals surface area contributed by atoms with Crippen molar-refractivity contribution in [2.24, 2.45) is 0 Å². The van der Waals surface area contributed by atoms with Gasteiger partial charge in [-0.05, 0) is 26.8 Å². The molecule has 14 heavy (non-hydrogen) atoms. The van der Waals surface area contributed by atoms with Crippen molar-refractivity contribution in [3.63, 3.8) is 0 Å². The second-order valence-electron chi connectivity index (χ2n) is 3.80. The lowest BCUT2D eigenvalue weighted by Gasteiger charge is -2.28. The molecule has 0 saturated heterocycles. The van der Waals surface area contributed by atoms with Crippen molar-refractivity contribution in [2.75, 3.05) is 0 Å². The van der Waals surface area contributed by atoms with Crippen LogP contribution in [-0.2, 0) is 0 Å². The number of nitrogens with one attached hydrogen (secondary N) is 1. The van der Waals surface area contributed by atoms with Crippen molar-refractivity contribution in [1.29, 1.82) is 0 Å². The quantitative estimate of drug-likeness (QED) is 0.787.